The van der Waals surface area contributed by atoms with Crippen LogP contribution in [0.3, 0.4) is 0 Å². The number of ether oxygens (including phenoxy) is 2. The van der Waals surface area contributed by atoms with Gasteiger partial charge in [-0.2, -0.15) is 0 Å². The molecule has 21 heavy (non-hydrogen) atoms. The van der Waals surface area contributed by atoms with Crippen LogP contribution in [0, 0.1) is 13.8 Å². The Balaban J connectivity index is 2.11. The molecule has 0 bridgehead atoms. The number of nitrogens with two attached hydrogens (primary N) is 1. The van der Waals surface area contributed by atoms with Crippen LogP contribution in [0.1, 0.15) is 27.4 Å². The summed E-state index contributed by atoms with van der Waals surface area (Å²) in [5.41, 5.74) is 8.39. The van der Waals surface area contributed by atoms with E-state index in [0.717, 1.165) is 5.69 Å². The lowest BCUT2D eigenvalue weighted by atomic mass is 10.2. The van der Waals surface area contributed by atoms with Crippen molar-refractivity contribution in [2.45, 2.75) is 20.5 Å². The van der Waals surface area contributed by atoms with Gasteiger partial charge in [-0.1, -0.05) is 0 Å². The maximum Gasteiger partial charge on any atom is 0.340 e. The molecule has 110 valence electrons. The summed E-state index contributed by atoms with van der Waals surface area (Å²) < 4.78 is 10.4. The van der Waals surface area contributed by atoms with Crippen molar-refractivity contribution in [2.24, 2.45) is 0 Å². The quantitative estimate of drug-likeness (QED) is 0.866. The highest BCUT2D eigenvalue weighted by atomic mass is 16.5. The molecule has 0 aliphatic rings. The van der Waals surface area contributed by atoms with Crippen molar-refractivity contribution in [3.05, 3.63) is 47.0 Å². The second-order valence-electron chi connectivity index (χ2n) is 4.62. The first-order chi connectivity index (χ1) is 9.99. The summed E-state index contributed by atoms with van der Waals surface area (Å²) in [4.78, 5) is 20.4. The Morgan fingerprint density at radius 2 is 2.05 bits per heavy atom. The third kappa shape index (κ3) is 3.68. The summed E-state index contributed by atoms with van der Waals surface area (Å²) in [5, 5.41) is 0. The predicted molar refractivity (Wildman–Crippen MR) is 78.0 cm³/mol. The first-order valence-corrected chi connectivity index (χ1v) is 6.40. The SMILES string of the molecule is COc1cc(C)nc(COC(=O)c2cc(N)cnc2C)c1. The molecule has 0 atom stereocenters. The molecule has 2 rings (SSSR count). The van der Waals surface area contributed by atoms with Gasteiger partial charge in [0.1, 0.15) is 12.4 Å². The molecule has 6 heteroatoms. The lowest BCUT2D eigenvalue weighted by Crippen LogP contribution is -2.10. The lowest BCUT2D eigenvalue weighted by molar-refractivity contribution is 0.0466. The number of rotatable bonds is 4. The molecular weight excluding hydrogens is 270 g/mol. The maximum atomic E-state index is 12.1. The van der Waals surface area contributed by atoms with Gasteiger partial charge in [0.2, 0.25) is 0 Å². The molecule has 0 saturated heterocycles. The number of nitrogen functional groups attached to an aromatic ring is 1. The minimum atomic E-state index is -0.477. The average molecular weight is 287 g/mol. The minimum absolute atomic E-state index is 0.0606. The van der Waals surface area contributed by atoms with Crippen LogP contribution in [-0.2, 0) is 11.3 Å². The third-order valence-corrected chi connectivity index (χ3v) is 2.89. The molecule has 2 aromatic rings. The van der Waals surface area contributed by atoms with Crippen LogP contribution >= 0.6 is 0 Å². The van der Waals surface area contributed by atoms with Crippen molar-refractivity contribution in [1.82, 2.24) is 9.97 Å². The van der Waals surface area contributed by atoms with E-state index in [2.05, 4.69) is 9.97 Å². The van der Waals surface area contributed by atoms with E-state index in [-0.39, 0.29) is 6.61 Å². The van der Waals surface area contributed by atoms with Crippen LogP contribution in [0.15, 0.2) is 24.4 Å². The van der Waals surface area contributed by atoms with Gasteiger partial charge < -0.3 is 15.2 Å². The molecule has 2 heterocycles. The van der Waals surface area contributed by atoms with Gasteiger partial charge in [-0.3, -0.25) is 9.97 Å². The molecule has 0 saturated carbocycles. The maximum absolute atomic E-state index is 12.1. The number of pyridine rings is 2. The molecule has 0 aliphatic carbocycles. The normalized spacial score (nSPS) is 10.2. The number of aryl methyl sites for hydroxylation is 2. The van der Waals surface area contributed by atoms with Crippen molar-refractivity contribution < 1.29 is 14.3 Å². The molecule has 2 aromatic heterocycles. The fourth-order valence-electron chi connectivity index (χ4n) is 1.87. The summed E-state index contributed by atoms with van der Waals surface area (Å²) in [6, 6.07) is 5.08. The lowest BCUT2D eigenvalue weighted by Gasteiger charge is -2.09. The molecule has 0 fully saturated rings. The molecular formula is C15H17N3O3. The number of hydrogen-bond acceptors (Lipinski definition) is 6. The molecule has 2 N–H and O–H groups in total. The predicted octanol–water partition coefficient (Wildman–Crippen LogP) is 2.04. The minimum Gasteiger partial charge on any atom is -0.497 e. The van der Waals surface area contributed by atoms with Gasteiger partial charge in [0, 0.05) is 17.8 Å². The summed E-state index contributed by atoms with van der Waals surface area (Å²) in [7, 11) is 1.58. The number of esters is 1. The standard InChI is InChI=1S/C15H17N3O3/c1-9-4-13(20-3)6-12(18-9)8-21-15(19)14-5-11(16)7-17-10(14)2/h4-7H,8,16H2,1-3H3. The third-order valence-electron chi connectivity index (χ3n) is 2.89. The number of methoxy groups -OCH3 is 1. The Labute approximate surface area is 122 Å². The van der Waals surface area contributed by atoms with E-state index in [1.807, 2.05) is 6.92 Å². The Kier molecular flexibility index (Phi) is 4.37. The Morgan fingerprint density at radius 3 is 2.76 bits per heavy atom. The van der Waals surface area contributed by atoms with Crippen molar-refractivity contribution in [3.63, 3.8) is 0 Å². The van der Waals surface area contributed by atoms with Gasteiger partial charge in [-0.05, 0) is 19.9 Å². The van der Waals surface area contributed by atoms with E-state index in [0.29, 0.717) is 28.4 Å². The number of hydrogen-bond donors (Lipinski definition) is 1. The fraction of sp³-hybridized carbons (Fsp3) is 0.267. The van der Waals surface area contributed by atoms with Gasteiger partial charge in [-0.25, -0.2) is 4.79 Å². The van der Waals surface area contributed by atoms with Gasteiger partial charge in [0.05, 0.1) is 35.9 Å². The van der Waals surface area contributed by atoms with E-state index in [4.69, 9.17) is 15.2 Å². The Morgan fingerprint density at radius 1 is 1.29 bits per heavy atom. The van der Waals surface area contributed by atoms with E-state index >= 15 is 0 Å². The smallest absolute Gasteiger partial charge is 0.340 e. The second-order valence-corrected chi connectivity index (χ2v) is 4.62. The highest BCUT2D eigenvalue weighted by Crippen LogP contribution is 2.16. The topological polar surface area (TPSA) is 87.3 Å². The molecule has 6 nitrogen and oxygen atoms in total. The van der Waals surface area contributed by atoms with Crippen LogP contribution in [-0.4, -0.2) is 23.0 Å². The zero-order valence-corrected chi connectivity index (χ0v) is 12.2. The monoisotopic (exact) mass is 287 g/mol. The first kappa shape index (κ1) is 14.8. The van der Waals surface area contributed by atoms with E-state index < -0.39 is 5.97 Å². The van der Waals surface area contributed by atoms with Crippen molar-refractivity contribution in [3.8, 4) is 5.75 Å². The molecule has 0 spiro atoms. The van der Waals surface area contributed by atoms with Crippen LogP contribution < -0.4 is 10.5 Å². The van der Waals surface area contributed by atoms with E-state index in [1.165, 1.54) is 6.20 Å². The molecule has 0 amide bonds. The summed E-state index contributed by atoms with van der Waals surface area (Å²) in [5.74, 6) is 0.199. The molecule has 0 unspecified atom stereocenters. The van der Waals surface area contributed by atoms with Crippen molar-refractivity contribution >= 4 is 11.7 Å². The highest BCUT2D eigenvalue weighted by molar-refractivity contribution is 5.91. The number of nitrogens with zero attached hydrogens (tertiary/aromatic N) is 2. The highest BCUT2D eigenvalue weighted by Gasteiger charge is 2.13. The average Bonchev–Trinajstić information content (AvgIpc) is 2.46. The molecule has 0 aromatic carbocycles. The summed E-state index contributed by atoms with van der Waals surface area (Å²) >= 11 is 0. The molecule has 0 aliphatic heterocycles. The van der Waals surface area contributed by atoms with E-state index in [9.17, 15) is 4.79 Å². The first-order valence-electron chi connectivity index (χ1n) is 6.40. The Hall–Kier alpha value is -2.63. The summed E-state index contributed by atoms with van der Waals surface area (Å²) in [6.45, 7) is 3.63. The van der Waals surface area contributed by atoms with Crippen LogP contribution in [0.5, 0.6) is 5.75 Å². The van der Waals surface area contributed by atoms with Crippen LogP contribution in [0.4, 0.5) is 5.69 Å². The van der Waals surface area contributed by atoms with Gasteiger partial charge in [0.15, 0.2) is 0 Å². The molecule has 0 radical (unpaired) electrons. The second kappa shape index (κ2) is 6.21. The van der Waals surface area contributed by atoms with Crippen LogP contribution in [0.25, 0.3) is 0 Å². The van der Waals surface area contributed by atoms with Gasteiger partial charge in [-0.15, -0.1) is 0 Å². The zero-order valence-electron chi connectivity index (χ0n) is 12.2. The number of carbonyl (C=O) groups excluding carboxylic acids is 1. The van der Waals surface area contributed by atoms with Gasteiger partial charge >= 0.3 is 5.97 Å². The van der Waals surface area contributed by atoms with Crippen LogP contribution in [0.2, 0.25) is 0 Å². The Bertz CT molecular complexity index is 671. The number of aromatic nitrogens is 2. The van der Waals surface area contributed by atoms with Crippen molar-refractivity contribution in [2.75, 3.05) is 12.8 Å². The summed E-state index contributed by atoms with van der Waals surface area (Å²) in [6.07, 6.45) is 1.50. The van der Waals surface area contributed by atoms with Gasteiger partial charge in [0.25, 0.3) is 0 Å². The number of anilines is 1. The van der Waals surface area contributed by atoms with E-state index in [1.54, 1.807) is 32.2 Å². The fourth-order valence-corrected chi connectivity index (χ4v) is 1.87. The van der Waals surface area contributed by atoms with Crippen molar-refractivity contribution in [1.29, 1.82) is 0 Å². The largest absolute Gasteiger partial charge is 0.497 e. The zero-order chi connectivity index (χ0) is 15.4. The number of carbonyl (C=O) groups is 1.